The van der Waals surface area contributed by atoms with Crippen molar-refractivity contribution in [2.75, 3.05) is 31.0 Å². The Balaban J connectivity index is 1.55. The maximum absolute atomic E-state index is 12.9. The lowest BCUT2D eigenvalue weighted by molar-refractivity contribution is -0.137. The molecule has 42 heavy (non-hydrogen) atoms. The number of alkyl halides is 3. The summed E-state index contributed by atoms with van der Waals surface area (Å²) in [4.78, 5) is 36.5. The van der Waals surface area contributed by atoms with Gasteiger partial charge in [0.2, 0.25) is 0 Å². The number of nitrogens with one attached hydrogen (secondary N) is 3. The first-order valence-electron chi connectivity index (χ1n) is 12.0. The van der Waals surface area contributed by atoms with E-state index in [1.54, 1.807) is 30.3 Å². The molecule has 14 heteroatoms. The molecule has 3 rings (SSSR count). The van der Waals surface area contributed by atoms with Crippen LogP contribution in [0.25, 0.3) is 0 Å². The van der Waals surface area contributed by atoms with Gasteiger partial charge in [0, 0.05) is 11.4 Å². The molecule has 0 bridgehead atoms. The molecule has 220 valence electrons. The maximum atomic E-state index is 12.9. The van der Waals surface area contributed by atoms with E-state index in [1.165, 1.54) is 37.6 Å². The number of hydrogen-bond acceptors (Lipinski definition) is 7. The van der Waals surface area contributed by atoms with Gasteiger partial charge in [0.25, 0.3) is 5.91 Å². The fourth-order valence-electron chi connectivity index (χ4n) is 3.26. The Morgan fingerprint density at radius 3 is 2.38 bits per heavy atom. The Bertz CT molecular complexity index is 1480. The van der Waals surface area contributed by atoms with Crippen LogP contribution >= 0.6 is 15.9 Å². The van der Waals surface area contributed by atoms with Crippen molar-refractivity contribution in [1.29, 1.82) is 0 Å². The fraction of sp³-hybridized carbons (Fsp3) is 0.143. The number of halogens is 4. The van der Waals surface area contributed by atoms with Gasteiger partial charge in [-0.3, -0.25) is 14.4 Å². The van der Waals surface area contributed by atoms with Crippen molar-refractivity contribution < 1.29 is 41.8 Å². The smallest absolute Gasteiger partial charge is 0.416 e. The SMILES string of the molecule is C=CCOc1ccc(NC(=O)C(=O)N/N=C\c2cc(Br)c(OCC(=O)Nc3cccc(C(F)(F)F)c3)c(OC)c2)cc1. The molecule has 0 aliphatic carbocycles. The number of rotatable bonds is 11. The van der Waals surface area contributed by atoms with Gasteiger partial charge in [-0.15, -0.1) is 0 Å². The summed E-state index contributed by atoms with van der Waals surface area (Å²) < 4.78 is 55.2. The van der Waals surface area contributed by atoms with E-state index in [2.05, 4.69) is 43.7 Å². The topological polar surface area (TPSA) is 127 Å². The summed E-state index contributed by atoms with van der Waals surface area (Å²) in [6.45, 7) is 3.35. The Labute approximate surface area is 246 Å². The predicted molar refractivity (Wildman–Crippen MR) is 153 cm³/mol. The summed E-state index contributed by atoms with van der Waals surface area (Å²) in [5.74, 6) is -1.78. The fourth-order valence-corrected chi connectivity index (χ4v) is 3.83. The van der Waals surface area contributed by atoms with E-state index >= 15 is 0 Å². The standard InChI is InChI=1S/C28H24BrF3N4O6/c1-3-11-41-21-9-7-19(8-10-21)35-26(38)27(39)36-33-15-17-12-22(29)25(23(13-17)40-2)42-16-24(37)34-20-6-4-5-18(14-20)28(30,31)32/h3-10,12-15H,1,11,16H2,2H3,(H,34,37)(H,35,38)(H,36,39)/b33-15-. The summed E-state index contributed by atoms with van der Waals surface area (Å²) in [7, 11) is 1.35. The number of amides is 3. The summed E-state index contributed by atoms with van der Waals surface area (Å²) >= 11 is 3.30. The molecule has 3 aromatic rings. The van der Waals surface area contributed by atoms with E-state index in [1.807, 2.05) is 0 Å². The minimum absolute atomic E-state index is 0.0431. The zero-order valence-electron chi connectivity index (χ0n) is 22.0. The molecule has 3 N–H and O–H groups in total. The van der Waals surface area contributed by atoms with E-state index in [0.717, 1.165) is 12.1 Å². The maximum Gasteiger partial charge on any atom is 0.416 e. The Hall–Kier alpha value is -4.85. The lowest BCUT2D eigenvalue weighted by Gasteiger charge is -2.14. The highest BCUT2D eigenvalue weighted by Gasteiger charge is 2.30. The molecule has 0 aliphatic rings. The number of nitrogens with zero attached hydrogens (tertiary/aromatic N) is 1. The summed E-state index contributed by atoms with van der Waals surface area (Å²) in [6.07, 6.45) is -1.72. The van der Waals surface area contributed by atoms with Crippen LogP contribution in [-0.2, 0) is 20.6 Å². The van der Waals surface area contributed by atoms with Crippen molar-refractivity contribution in [1.82, 2.24) is 5.43 Å². The summed E-state index contributed by atoms with van der Waals surface area (Å²) in [5.41, 5.74) is 1.96. The second kappa shape index (κ2) is 14.7. The Morgan fingerprint density at radius 2 is 1.71 bits per heavy atom. The van der Waals surface area contributed by atoms with Crippen molar-refractivity contribution in [2.45, 2.75) is 6.18 Å². The van der Waals surface area contributed by atoms with Crippen molar-refractivity contribution in [3.63, 3.8) is 0 Å². The van der Waals surface area contributed by atoms with Crippen LogP contribution in [0, 0.1) is 0 Å². The number of anilines is 2. The van der Waals surface area contributed by atoms with Crippen LogP contribution in [-0.4, -0.2) is 44.3 Å². The molecule has 0 heterocycles. The average molecular weight is 649 g/mol. The first-order chi connectivity index (χ1) is 20.0. The lowest BCUT2D eigenvalue weighted by atomic mass is 10.2. The summed E-state index contributed by atoms with van der Waals surface area (Å²) in [5, 5.41) is 8.54. The van der Waals surface area contributed by atoms with E-state index < -0.39 is 36.1 Å². The van der Waals surface area contributed by atoms with Crippen LogP contribution in [0.2, 0.25) is 0 Å². The monoisotopic (exact) mass is 648 g/mol. The van der Waals surface area contributed by atoms with Crippen LogP contribution in [0.3, 0.4) is 0 Å². The third-order valence-corrected chi connectivity index (χ3v) is 5.73. The van der Waals surface area contributed by atoms with Crippen molar-refractivity contribution in [2.24, 2.45) is 5.10 Å². The number of carbonyl (C=O) groups excluding carboxylic acids is 3. The van der Waals surface area contributed by atoms with Gasteiger partial charge in [0.15, 0.2) is 18.1 Å². The van der Waals surface area contributed by atoms with Crippen molar-refractivity contribution in [3.05, 3.63) is 88.9 Å². The number of benzene rings is 3. The quantitative estimate of drug-likeness (QED) is 0.114. The van der Waals surface area contributed by atoms with Crippen LogP contribution in [0.1, 0.15) is 11.1 Å². The van der Waals surface area contributed by atoms with E-state index in [4.69, 9.17) is 14.2 Å². The van der Waals surface area contributed by atoms with Gasteiger partial charge >= 0.3 is 18.0 Å². The van der Waals surface area contributed by atoms with Gasteiger partial charge in [-0.1, -0.05) is 18.7 Å². The lowest BCUT2D eigenvalue weighted by Crippen LogP contribution is -2.32. The highest BCUT2D eigenvalue weighted by molar-refractivity contribution is 9.10. The highest BCUT2D eigenvalue weighted by atomic mass is 79.9. The molecule has 0 aromatic heterocycles. The second-order valence-corrected chi connectivity index (χ2v) is 9.08. The molecule has 0 unspecified atom stereocenters. The van der Waals surface area contributed by atoms with E-state index in [-0.39, 0.29) is 17.2 Å². The molecule has 3 aromatic carbocycles. The molecule has 10 nitrogen and oxygen atoms in total. The zero-order valence-corrected chi connectivity index (χ0v) is 23.5. The second-order valence-electron chi connectivity index (χ2n) is 8.23. The van der Waals surface area contributed by atoms with E-state index in [0.29, 0.717) is 28.1 Å². The third kappa shape index (κ3) is 9.37. The molecule has 0 spiro atoms. The predicted octanol–water partition coefficient (Wildman–Crippen LogP) is 5.15. The molecule has 0 saturated carbocycles. The zero-order chi connectivity index (χ0) is 30.7. The molecular weight excluding hydrogens is 625 g/mol. The normalized spacial score (nSPS) is 11.0. The minimum Gasteiger partial charge on any atom is -0.493 e. The molecule has 0 atom stereocenters. The molecule has 0 saturated heterocycles. The van der Waals surface area contributed by atoms with Gasteiger partial charge < -0.3 is 24.8 Å². The minimum atomic E-state index is -4.55. The van der Waals surface area contributed by atoms with Gasteiger partial charge in [-0.2, -0.15) is 18.3 Å². The largest absolute Gasteiger partial charge is 0.493 e. The number of hydrogen-bond donors (Lipinski definition) is 3. The van der Waals surface area contributed by atoms with Gasteiger partial charge in [0.05, 0.1) is 23.4 Å². The average Bonchev–Trinajstić information content (AvgIpc) is 2.95. The first kappa shape index (κ1) is 31.7. The van der Waals surface area contributed by atoms with Crippen molar-refractivity contribution >= 4 is 51.2 Å². The van der Waals surface area contributed by atoms with Crippen LogP contribution < -0.4 is 30.3 Å². The number of hydrazone groups is 1. The van der Waals surface area contributed by atoms with E-state index in [9.17, 15) is 27.6 Å². The van der Waals surface area contributed by atoms with Crippen LogP contribution in [0.4, 0.5) is 24.5 Å². The van der Waals surface area contributed by atoms with Gasteiger partial charge in [-0.25, -0.2) is 5.43 Å². The number of carbonyl (C=O) groups is 3. The molecule has 0 fully saturated rings. The Kier molecular flexibility index (Phi) is 11.1. The van der Waals surface area contributed by atoms with Crippen molar-refractivity contribution in [3.8, 4) is 17.2 Å². The molecular formula is C28H24BrF3N4O6. The first-order valence-corrected chi connectivity index (χ1v) is 12.7. The van der Waals surface area contributed by atoms with Crippen LogP contribution in [0.15, 0.2) is 82.9 Å². The molecule has 3 amide bonds. The number of methoxy groups -OCH3 is 1. The third-order valence-electron chi connectivity index (χ3n) is 5.14. The highest BCUT2D eigenvalue weighted by Crippen LogP contribution is 2.36. The van der Waals surface area contributed by atoms with Gasteiger partial charge in [-0.05, 0) is 76.1 Å². The molecule has 0 aliphatic heterocycles. The molecule has 0 radical (unpaired) electrons. The van der Waals surface area contributed by atoms with Crippen LogP contribution in [0.5, 0.6) is 17.2 Å². The number of ether oxygens (including phenoxy) is 3. The van der Waals surface area contributed by atoms with Gasteiger partial charge in [0.1, 0.15) is 12.4 Å². The Morgan fingerprint density at radius 1 is 0.976 bits per heavy atom. The summed E-state index contributed by atoms with van der Waals surface area (Å²) in [6, 6.07) is 13.6.